The van der Waals surface area contributed by atoms with Crippen molar-refractivity contribution in [2.45, 2.75) is 39.2 Å². The SMILES string of the molecule is CCCC[C@@H](C)OCF. The summed E-state index contributed by atoms with van der Waals surface area (Å²) in [5.41, 5.74) is 0. The largest absolute Gasteiger partial charge is 0.348 e. The average molecular weight is 134 g/mol. The second-order valence-corrected chi connectivity index (χ2v) is 2.23. The Morgan fingerprint density at radius 3 is 2.67 bits per heavy atom. The van der Waals surface area contributed by atoms with Crippen LogP contribution in [-0.4, -0.2) is 13.0 Å². The van der Waals surface area contributed by atoms with Gasteiger partial charge < -0.3 is 4.74 Å². The van der Waals surface area contributed by atoms with Crippen molar-refractivity contribution in [3.8, 4) is 0 Å². The quantitative estimate of drug-likeness (QED) is 0.561. The second kappa shape index (κ2) is 6.02. The van der Waals surface area contributed by atoms with Gasteiger partial charge in [0.25, 0.3) is 0 Å². The van der Waals surface area contributed by atoms with Crippen molar-refractivity contribution in [1.29, 1.82) is 0 Å². The first kappa shape index (κ1) is 8.89. The summed E-state index contributed by atoms with van der Waals surface area (Å²) in [4.78, 5) is 0. The molecular formula is C7H15FO. The highest BCUT2D eigenvalue weighted by atomic mass is 19.1. The minimum Gasteiger partial charge on any atom is -0.348 e. The molecule has 0 bridgehead atoms. The molecule has 0 unspecified atom stereocenters. The van der Waals surface area contributed by atoms with E-state index in [1.54, 1.807) is 0 Å². The van der Waals surface area contributed by atoms with Crippen LogP contribution < -0.4 is 0 Å². The zero-order chi connectivity index (χ0) is 7.11. The van der Waals surface area contributed by atoms with Crippen LogP contribution in [0.2, 0.25) is 0 Å². The Hall–Kier alpha value is -0.110. The minimum atomic E-state index is -0.648. The van der Waals surface area contributed by atoms with Crippen molar-refractivity contribution in [2.75, 3.05) is 6.86 Å². The second-order valence-electron chi connectivity index (χ2n) is 2.23. The van der Waals surface area contributed by atoms with Crippen LogP contribution >= 0.6 is 0 Å². The summed E-state index contributed by atoms with van der Waals surface area (Å²) >= 11 is 0. The van der Waals surface area contributed by atoms with E-state index in [4.69, 9.17) is 0 Å². The highest BCUT2D eigenvalue weighted by Gasteiger charge is 1.98. The summed E-state index contributed by atoms with van der Waals surface area (Å²) in [5.74, 6) is 0. The molecule has 9 heavy (non-hydrogen) atoms. The molecule has 0 aromatic rings. The summed E-state index contributed by atoms with van der Waals surface area (Å²) in [6, 6.07) is 0. The van der Waals surface area contributed by atoms with E-state index in [-0.39, 0.29) is 6.10 Å². The van der Waals surface area contributed by atoms with Crippen molar-refractivity contribution in [2.24, 2.45) is 0 Å². The molecular weight excluding hydrogens is 119 g/mol. The summed E-state index contributed by atoms with van der Waals surface area (Å²) in [6.45, 7) is 3.36. The van der Waals surface area contributed by atoms with Crippen molar-refractivity contribution in [3.05, 3.63) is 0 Å². The van der Waals surface area contributed by atoms with Crippen molar-refractivity contribution < 1.29 is 9.13 Å². The molecule has 0 radical (unpaired) electrons. The first-order chi connectivity index (χ1) is 4.31. The summed E-state index contributed by atoms with van der Waals surface area (Å²) in [6.07, 6.45) is 3.34. The Labute approximate surface area is 56.2 Å². The third-order valence-electron chi connectivity index (χ3n) is 1.31. The number of rotatable bonds is 5. The number of hydrogen-bond acceptors (Lipinski definition) is 1. The van der Waals surface area contributed by atoms with E-state index in [0.717, 1.165) is 19.3 Å². The predicted molar refractivity (Wildman–Crippen MR) is 36.0 cm³/mol. The molecule has 0 amide bonds. The molecule has 1 nitrogen and oxygen atoms in total. The topological polar surface area (TPSA) is 9.23 Å². The van der Waals surface area contributed by atoms with Gasteiger partial charge in [0.2, 0.25) is 0 Å². The van der Waals surface area contributed by atoms with Gasteiger partial charge >= 0.3 is 0 Å². The molecule has 0 spiro atoms. The summed E-state index contributed by atoms with van der Waals surface area (Å²) in [7, 11) is 0. The van der Waals surface area contributed by atoms with Gasteiger partial charge in [-0.05, 0) is 13.3 Å². The maximum Gasteiger partial charge on any atom is 0.188 e. The van der Waals surface area contributed by atoms with Gasteiger partial charge in [0.1, 0.15) is 0 Å². The molecule has 0 N–H and O–H groups in total. The Bertz CT molecular complexity index is 56.9. The van der Waals surface area contributed by atoms with E-state index < -0.39 is 6.86 Å². The average Bonchev–Trinajstić information content (AvgIpc) is 1.85. The smallest absolute Gasteiger partial charge is 0.188 e. The fourth-order valence-corrected chi connectivity index (χ4v) is 0.682. The summed E-state index contributed by atoms with van der Waals surface area (Å²) in [5, 5.41) is 0. The fraction of sp³-hybridized carbons (Fsp3) is 1.00. The van der Waals surface area contributed by atoms with Crippen LogP contribution in [0.25, 0.3) is 0 Å². The molecule has 56 valence electrons. The van der Waals surface area contributed by atoms with Crippen LogP contribution in [0.4, 0.5) is 4.39 Å². The number of ether oxygens (including phenoxy) is 1. The lowest BCUT2D eigenvalue weighted by Gasteiger charge is -2.07. The van der Waals surface area contributed by atoms with E-state index in [0.29, 0.717) is 0 Å². The van der Waals surface area contributed by atoms with Crippen LogP contribution in [0.5, 0.6) is 0 Å². The van der Waals surface area contributed by atoms with Crippen LogP contribution in [0.15, 0.2) is 0 Å². The van der Waals surface area contributed by atoms with E-state index in [2.05, 4.69) is 11.7 Å². The molecule has 0 aliphatic rings. The molecule has 0 aliphatic heterocycles. The predicted octanol–water partition coefficient (Wildman–Crippen LogP) is 2.51. The van der Waals surface area contributed by atoms with E-state index in [9.17, 15) is 4.39 Å². The molecule has 1 atom stereocenters. The number of unbranched alkanes of at least 4 members (excludes halogenated alkanes) is 1. The van der Waals surface area contributed by atoms with Gasteiger partial charge in [-0.2, -0.15) is 0 Å². The molecule has 0 heterocycles. The Morgan fingerprint density at radius 2 is 2.22 bits per heavy atom. The maximum absolute atomic E-state index is 11.4. The zero-order valence-corrected chi connectivity index (χ0v) is 6.19. The Kier molecular flexibility index (Phi) is 5.94. The van der Waals surface area contributed by atoms with Crippen molar-refractivity contribution in [3.63, 3.8) is 0 Å². The van der Waals surface area contributed by atoms with Crippen LogP contribution in [0.3, 0.4) is 0 Å². The van der Waals surface area contributed by atoms with Gasteiger partial charge in [0.15, 0.2) is 6.86 Å². The normalized spacial score (nSPS) is 13.7. The van der Waals surface area contributed by atoms with Gasteiger partial charge in [-0.3, -0.25) is 0 Å². The summed E-state index contributed by atoms with van der Waals surface area (Å²) < 4.78 is 16.1. The van der Waals surface area contributed by atoms with Crippen molar-refractivity contribution in [1.82, 2.24) is 0 Å². The standard InChI is InChI=1S/C7H15FO/c1-3-4-5-7(2)9-6-8/h7H,3-6H2,1-2H3/t7-/m1/s1. The fourth-order valence-electron chi connectivity index (χ4n) is 0.682. The first-order valence-corrected chi connectivity index (χ1v) is 3.48. The Morgan fingerprint density at radius 1 is 1.56 bits per heavy atom. The minimum absolute atomic E-state index is 0.0925. The Balaban J connectivity index is 2.95. The molecule has 0 fully saturated rings. The van der Waals surface area contributed by atoms with Gasteiger partial charge in [0.05, 0.1) is 6.10 Å². The van der Waals surface area contributed by atoms with Gasteiger partial charge in [-0.1, -0.05) is 19.8 Å². The molecule has 0 aromatic carbocycles. The molecule has 0 saturated carbocycles. The van der Waals surface area contributed by atoms with E-state index >= 15 is 0 Å². The monoisotopic (exact) mass is 134 g/mol. The maximum atomic E-state index is 11.4. The van der Waals surface area contributed by atoms with Gasteiger partial charge in [0, 0.05) is 0 Å². The lowest BCUT2D eigenvalue weighted by atomic mass is 10.2. The molecule has 0 rings (SSSR count). The first-order valence-electron chi connectivity index (χ1n) is 3.48. The highest BCUT2D eigenvalue weighted by molar-refractivity contribution is 4.47. The van der Waals surface area contributed by atoms with Crippen LogP contribution in [0, 0.1) is 0 Å². The van der Waals surface area contributed by atoms with Gasteiger partial charge in [-0.15, -0.1) is 0 Å². The molecule has 0 aromatic heterocycles. The molecule has 2 heteroatoms. The van der Waals surface area contributed by atoms with E-state index in [1.165, 1.54) is 0 Å². The van der Waals surface area contributed by atoms with E-state index in [1.807, 2.05) is 6.92 Å². The third-order valence-corrected chi connectivity index (χ3v) is 1.31. The van der Waals surface area contributed by atoms with Gasteiger partial charge in [-0.25, -0.2) is 4.39 Å². The number of alkyl halides is 1. The van der Waals surface area contributed by atoms with Crippen LogP contribution in [-0.2, 0) is 4.74 Å². The van der Waals surface area contributed by atoms with Crippen LogP contribution in [0.1, 0.15) is 33.1 Å². The lowest BCUT2D eigenvalue weighted by molar-refractivity contribution is 0.000661. The molecule has 0 aliphatic carbocycles. The lowest BCUT2D eigenvalue weighted by Crippen LogP contribution is -2.06. The third kappa shape index (κ3) is 5.77. The zero-order valence-electron chi connectivity index (χ0n) is 6.19. The number of hydrogen-bond donors (Lipinski definition) is 0. The highest BCUT2D eigenvalue weighted by Crippen LogP contribution is 2.02. The van der Waals surface area contributed by atoms with Crippen molar-refractivity contribution >= 4 is 0 Å². The molecule has 0 saturated heterocycles. The number of halogens is 1.